The van der Waals surface area contributed by atoms with Crippen molar-refractivity contribution in [2.24, 2.45) is 0 Å². The number of aryl methyl sites for hydroxylation is 3. The Morgan fingerprint density at radius 2 is 1.89 bits per heavy atom. The highest BCUT2D eigenvalue weighted by Gasteiger charge is 2.07. The van der Waals surface area contributed by atoms with E-state index in [1.807, 2.05) is 14.0 Å². The van der Waals surface area contributed by atoms with Crippen molar-refractivity contribution in [2.75, 3.05) is 7.05 Å². The van der Waals surface area contributed by atoms with Gasteiger partial charge in [-0.1, -0.05) is 12.1 Å². The Labute approximate surface area is 118 Å². The van der Waals surface area contributed by atoms with Crippen molar-refractivity contribution in [3.63, 3.8) is 0 Å². The lowest BCUT2D eigenvalue weighted by atomic mass is 10.1. The number of hydrogen-bond acceptors (Lipinski definition) is 4. The second-order valence-electron chi connectivity index (χ2n) is 4.74. The fraction of sp³-hybridized carbons (Fsp3) is 0.400. The third-order valence-corrected chi connectivity index (χ3v) is 3.75. The van der Waals surface area contributed by atoms with Crippen LogP contribution in [0.25, 0.3) is 0 Å². The van der Waals surface area contributed by atoms with Crippen molar-refractivity contribution < 1.29 is 4.74 Å². The lowest BCUT2D eigenvalue weighted by Crippen LogP contribution is -2.06. The first kappa shape index (κ1) is 14.0. The van der Waals surface area contributed by atoms with Gasteiger partial charge in [0.15, 0.2) is 0 Å². The van der Waals surface area contributed by atoms with E-state index in [1.54, 1.807) is 11.3 Å². The van der Waals surface area contributed by atoms with E-state index in [0.717, 1.165) is 23.0 Å². The van der Waals surface area contributed by atoms with Crippen molar-refractivity contribution in [2.45, 2.75) is 33.9 Å². The number of nitrogens with one attached hydrogen (secondary N) is 1. The number of rotatable bonds is 5. The maximum absolute atomic E-state index is 5.92. The van der Waals surface area contributed by atoms with Gasteiger partial charge in [-0.25, -0.2) is 4.98 Å². The van der Waals surface area contributed by atoms with Gasteiger partial charge in [-0.2, -0.15) is 0 Å². The zero-order chi connectivity index (χ0) is 13.8. The highest BCUT2D eigenvalue weighted by atomic mass is 32.1. The molecule has 0 saturated carbocycles. The average Bonchev–Trinajstić information content (AvgIpc) is 2.74. The second-order valence-corrected chi connectivity index (χ2v) is 5.80. The first-order valence-corrected chi connectivity index (χ1v) is 7.26. The molecule has 0 unspecified atom stereocenters. The van der Waals surface area contributed by atoms with Gasteiger partial charge in [0.1, 0.15) is 12.4 Å². The van der Waals surface area contributed by atoms with Crippen LogP contribution in [-0.4, -0.2) is 12.0 Å². The fourth-order valence-corrected chi connectivity index (χ4v) is 2.79. The van der Waals surface area contributed by atoms with E-state index >= 15 is 0 Å². The van der Waals surface area contributed by atoms with E-state index in [0.29, 0.717) is 6.61 Å². The molecule has 0 amide bonds. The topological polar surface area (TPSA) is 34.1 Å². The smallest absolute Gasteiger partial charge is 0.131 e. The first-order chi connectivity index (χ1) is 9.10. The monoisotopic (exact) mass is 276 g/mol. The molecule has 1 aromatic carbocycles. The number of ether oxygens (including phenoxy) is 1. The molecule has 102 valence electrons. The van der Waals surface area contributed by atoms with Gasteiger partial charge in [-0.15, -0.1) is 11.3 Å². The lowest BCUT2D eigenvalue weighted by molar-refractivity contribution is 0.297. The summed E-state index contributed by atoms with van der Waals surface area (Å²) in [5.41, 5.74) is 4.64. The standard InChI is InChI=1S/C15H20N2OS/c1-10-5-13(7-16-4)6-11(2)15(10)18-8-14-9-19-12(3)17-14/h5-6,9,16H,7-8H2,1-4H3. The van der Waals surface area contributed by atoms with Crippen LogP contribution in [0.1, 0.15) is 27.4 Å². The maximum atomic E-state index is 5.92. The number of hydrogen-bond donors (Lipinski definition) is 1. The van der Waals surface area contributed by atoms with Crippen LogP contribution < -0.4 is 10.1 Å². The summed E-state index contributed by atoms with van der Waals surface area (Å²) < 4.78 is 5.92. The predicted octanol–water partition coefficient (Wildman–Crippen LogP) is 3.37. The minimum Gasteiger partial charge on any atom is -0.487 e. The van der Waals surface area contributed by atoms with Gasteiger partial charge in [0.05, 0.1) is 10.7 Å². The van der Waals surface area contributed by atoms with Crippen molar-refractivity contribution in [3.05, 3.63) is 44.9 Å². The molecule has 0 aliphatic carbocycles. The van der Waals surface area contributed by atoms with Crippen LogP contribution in [0.5, 0.6) is 5.75 Å². The van der Waals surface area contributed by atoms with Crippen molar-refractivity contribution in [1.82, 2.24) is 10.3 Å². The van der Waals surface area contributed by atoms with Gasteiger partial charge in [0.25, 0.3) is 0 Å². The Morgan fingerprint density at radius 3 is 2.42 bits per heavy atom. The molecule has 0 bridgehead atoms. The molecule has 0 radical (unpaired) electrons. The molecule has 0 fully saturated rings. The summed E-state index contributed by atoms with van der Waals surface area (Å²) in [7, 11) is 1.96. The van der Waals surface area contributed by atoms with Gasteiger partial charge in [-0.3, -0.25) is 0 Å². The number of thiazole rings is 1. The summed E-state index contributed by atoms with van der Waals surface area (Å²) >= 11 is 1.66. The number of aromatic nitrogens is 1. The van der Waals surface area contributed by atoms with E-state index < -0.39 is 0 Å². The molecule has 0 aliphatic heterocycles. The summed E-state index contributed by atoms with van der Waals surface area (Å²) in [5.74, 6) is 0.977. The summed E-state index contributed by atoms with van der Waals surface area (Å²) in [6.07, 6.45) is 0. The Bertz CT molecular complexity index is 540. The number of benzene rings is 1. The zero-order valence-corrected chi connectivity index (χ0v) is 12.7. The minimum atomic E-state index is 0.539. The quantitative estimate of drug-likeness (QED) is 0.909. The maximum Gasteiger partial charge on any atom is 0.131 e. The van der Waals surface area contributed by atoms with E-state index in [9.17, 15) is 0 Å². The van der Waals surface area contributed by atoms with Crippen LogP contribution in [0.2, 0.25) is 0 Å². The SMILES string of the molecule is CNCc1cc(C)c(OCc2csc(C)n2)c(C)c1. The van der Waals surface area contributed by atoms with Crippen LogP contribution in [0.3, 0.4) is 0 Å². The van der Waals surface area contributed by atoms with Gasteiger partial charge in [-0.05, 0) is 44.5 Å². The van der Waals surface area contributed by atoms with Crippen LogP contribution in [0, 0.1) is 20.8 Å². The largest absolute Gasteiger partial charge is 0.487 e. The number of nitrogens with zero attached hydrogens (tertiary/aromatic N) is 1. The summed E-state index contributed by atoms with van der Waals surface area (Å²) in [4.78, 5) is 4.42. The van der Waals surface area contributed by atoms with Crippen LogP contribution in [0.15, 0.2) is 17.5 Å². The molecule has 1 heterocycles. The third kappa shape index (κ3) is 3.55. The van der Waals surface area contributed by atoms with Crippen LogP contribution in [0.4, 0.5) is 0 Å². The van der Waals surface area contributed by atoms with Gasteiger partial charge < -0.3 is 10.1 Å². The van der Waals surface area contributed by atoms with Crippen molar-refractivity contribution in [1.29, 1.82) is 0 Å². The third-order valence-electron chi connectivity index (χ3n) is 2.93. The molecule has 0 spiro atoms. The van der Waals surface area contributed by atoms with Crippen LogP contribution in [-0.2, 0) is 13.2 Å². The van der Waals surface area contributed by atoms with Crippen molar-refractivity contribution in [3.8, 4) is 5.75 Å². The Morgan fingerprint density at radius 1 is 1.21 bits per heavy atom. The Kier molecular flexibility index (Phi) is 4.56. The molecule has 1 aromatic heterocycles. The molecule has 0 aliphatic rings. The predicted molar refractivity (Wildman–Crippen MR) is 79.9 cm³/mol. The van der Waals surface area contributed by atoms with Crippen molar-refractivity contribution >= 4 is 11.3 Å². The fourth-order valence-electron chi connectivity index (χ4n) is 2.19. The Balaban J connectivity index is 2.11. The lowest BCUT2D eigenvalue weighted by Gasteiger charge is -2.13. The molecule has 2 aromatic rings. The second kappa shape index (κ2) is 6.17. The molecule has 2 rings (SSSR count). The van der Waals surface area contributed by atoms with Gasteiger partial charge in [0.2, 0.25) is 0 Å². The molecule has 3 nitrogen and oxygen atoms in total. The summed E-state index contributed by atoms with van der Waals surface area (Å²) in [6.45, 7) is 7.61. The zero-order valence-electron chi connectivity index (χ0n) is 11.9. The minimum absolute atomic E-state index is 0.539. The van der Waals surface area contributed by atoms with E-state index in [-0.39, 0.29) is 0 Å². The normalized spacial score (nSPS) is 10.7. The molecular formula is C15H20N2OS. The average molecular weight is 276 g/mol. The van der Waals surface area contributed by atoms with E-state index in [4.69, 9.17) is 4.74 Å². The van der Waals surface area contributed by atoms with E-state index in [2.05, 4.69) is 41.7 Å². The molecule has 0 atom stereocenters. The van der Waals surface area contributed by atoms with Gasteiger partial charge in [0, 0.05) is 11.9 Å². The molecule has 0 saturated heterocycles. The first-order valence-electron chi connectivity index (χ1n) is 6.38. The molecular weight excluding hydrogens is 256 g/mol. The molecule has 1 N–H and O–H groups in total. The molecule has 19 heavy (non-hydrogen) atoms. The van der Waals surface area contributed by atoms with E-state index in [1.165, 1.54) is 16.7 Å². The van der Waals surface area contributed by atoms with Crippen LogP contribution >= 0.6 is 11.3 Å². The molecule has 4 heteroatoms. The Hall–Kier alpha value is -1.39. The summed E-state index contributed by atoms with van der Waals surface area (Å²) in [5, 5.41) is 6.30. The highest BCUT2D eigenvalue weighted by Crippen LogP contribution is 2.26. The summed E-state index contributed by atoms with van der Waals surface area (Å²) in [6, 6.07) is 4.34. The van der Waals surface area contributed by atoms with Gasteiger partial charge >= 0.3 is 0 Å². The highest BCUT2D eigenvalue weighted by molar-refractivity contribution is 7.09.